The van der Waals surface area contributed by atoms with Gasteiger partial charge in [-0.05, 0) is 18.9 Å². The van der Waals surface area contributed by atoms with Crippen LogP contribution in [0.25, 0.3) is 0 Å². The van der Waals surface area contributed by atoms with E-state index in [-0.39, 0.29) is 17.8 Å². The van der Waals surface area contributed by atoms with Gasteiger partial charge in [0.1, 0.15) is 5.69 Å². The Morgan fingerprint density at radius 3 is 3.10 bits per heavy atom. The number of hydrogen-bond acceptors (Lipinski definition) is 6. The van der Waals surface area contributed by atoms with E-state index in [4.69, 9.17) is 5.73 Å². The summed E-state index contributed by atoms with van der Waals surface area (Å²) in [7, 11) is 0. The van der Waals surface area contributed by atoms with E-state index in [1.54, 1.807) is 17.1 Å². The van der Waals surface area contributed by atoms with Crippen LogP contribution >= 0.6 is 11.3 Å². The van der Waals surface area contributed by atoms with Crippen LogP contribution in [0.5, 0.6) is 0 Å². The van der Waals surface area contributed by atoms with Gasteiger partial charge in [-0.2, -0.15) is 0 Å². The van der Waals surface area contributed by atoms with Gasteiger partial charge >= 0.3 is 0 Å². The van der Waals surface area contributed by atoms with Crippen LogP contribution in [0.2, 0.25) is 0 Å². The molecule has 7 heteroatoms. The Balaban J connectivity index is 1.75. The second-order valence-corrected chi connectivity index (χ2v) is 5.52. The highest BCUT2D eigenvalue weighted by molar-refractivity contribution is 7.07. The molecule has 0 aromatic carbocycles. The summed E-state index contributed by atoms with van der Waals surface area (Å²) in [4.78, 5) is 26.4. The third-order valence-electron chi connectivity index (χ3n) is 3.47. The van der Waals surface area contributed by atoms with Crippen LogP contribution in [0.15, 0.2) is 23.2 Å². The number of aromatic nitrogens is 3. The van der Waals surface area contributed by atoms with E-state index in [1.807, 2.05) is 11.0 Å². The van der Waals surface area contributed by atoms with Crippen LogP contribution in [0, 0.1) is 0 Å². The normalized spacial score (nSPS) is 19.0. The third kappa shape index (κ3) is 2.62. The van der Waals surface area contributed by atoms with Gasteiger partial charge < -0.3 is 10.6 Å². The summed E-state index contributed by atoms with van der Waals surface area (Å²) in [5, 5.41) is 1.79. The molecule has 1 aliphatic heterocycles. The molecule has 1 amide bonds. The number of piperidine rings is 1. The molecule has 6 nitrogen and oxygen atoms in total. The van der Waals surface area contributed by atoms with Crippen molar-refractivity contribution >= 4 is 23.2 Å². The molecule has 0 saturated carbocycles. The van der Waals surface area contributed by atoms with Crippen molar-refractivity contribution in [2.75, 3.05) is 18.8 Å². The van der Waals surface area contributed by atoms with Gasteiger partial charge in [0.05, 0.1) is 11.2 Å². The maximum atomic E-state index is 12.3. The number of nitrogen functional groups attached to an aromatic ring is 1. The molecule has 2 aromatic heterocycles. The van der Waals surface area contributed by atoms with Crippen molar-refractivity contribution in [3.8, 4) is 0 Å². The number of nitrogens with two attached hydrogens (primary N) is 1. The first-order valence-corrected chi connectivity index (χ1v) is 7.44. The van der Waals surface area contributed by atoms with E-state index in [1.165, 1.54) is 11.3 Å². The Labute approximate surface area is 120 Å². The summed E-state index contributed by atoms with van der Waals surface area (Å²) in [6, 6.07) is 1.87. The maximum Gasteiger partial charge on any atom is 0.273 e. The van der Waals surface area contributed by atoms with Gasteiger partial charge in [-0.25, -0.2) is 15.0 Å². The molecule has 20 heavy (non-hydrogen) atoms. The van der Waals surface area contributed by atoms with Crippen molar-refractivity contribution < 1.29 is 4.79 Å². The highest BCUT2D eigenvalue weighted by Crippen LogP contribution is 2.26. The zero-order valence-corrected chi connectivity index (χ0v) is 11.7. The first-order chi connectivity index (χ1) is 9.74. The number of likely N-dealkylation sites (tertiary alicyclic amines) is 1. The van der Waals surface area contributed by atoms with Crippen LogP contribution in [0.1, 0.15) is 34.9 Å². The minimum atomic E-state index is -0.00187. The van der Waals surface area contributed by atoms with Crippen LogP contribution in [0.3, 0.4) is 0 Å². The predicted molar refractivity (Wildman–Crippen MR) is 76.4 cm³/mol. The molecule has 0 bridgehead atoms. The van der Waals surface area contributed by atoms with E-state index in [9.17, 15) is 4.79 Å². The summed E-state index contributed by atoms with van der Waals surface area (Å²) < 4.78 is 0. The number of anilines is 1. The molecule has 2 N–H and O–H groups in total. The van der Waals surface area contributed by atoms with Gasteiger partial charge in [-0.15, -0.1) is 11.3 Å². The molecule has 1 atom stereocenters. The van der Waals surface area contributed by atoms with Crippen LogP contribution in [-0.4, -0.2) is 38.8 Å². The van der Waals surface area contributed by atoms with E-state index in [0.717, 1.165) is 25.1 Å². The highest BCUT2D eigenvalue weighted by Gasteiger charge is 2.27. The van der Waals surface area contributed by atoms with Crippen molar-refractivity contribution in [2.24, 2.45) is 0 Å². The van der Waals surface area contributed by atoms with Crippen LogP contribution < -0.4 is 5.73 Å². The van der Waals surface area contributed by atoms with Gasteiger partial charge in [0, 0.05) is 30.6 Å². The van der Waals surface area contributed by atoms with Crippen molar-refractivity contribution in [1.82, 2.24) is 19.9 Å². The third-order valence-corrected chi connectivity index (χ3v) is 4.06. The molecule has 1 fully saturated rings. The summed E-state index contributed by atoms with van der Waals surface area (Å²) >= 11 is 1.44. The molecular weight excluding hydrogens is 274 g/mol. The van der Waals surface area contributed by atoms with Gasteiger partial charge in [-0.1, -0.05) is 0 Å². The van der Waals surface area contributed by atoms with Gasteiger partial charge in [0.25, 0.3) is 5.91 Å². The van der Waals surface area contributed by atoms with Crippen LogP contribution in [-0.2, 0) is 0 Å². The molecule has 1 unspecified atom stereocenters. The summed E-state index contributed by atoms with van der Waals surface area (Å²) in [5.74, 6) is 0.500. The van der Waals surface area contributed by atoms with E-state index >= 15 is 0 Å². The first kappa shape index (κ1) is 13.0. The second-order valence-electron chi connectivity index (χ2n) is 4.80. The summed E-state index contributed by atoms with van der Waals surface area (Å²) in [6.07, 6.45) is 3.64. The zero-order valence-electron chi connectivity index (χ0n) is 10.9. The Morgan fingerprint density at radius 1 is 1.45 bits per heavy atom. The van der Waals surface area contributed by atoms with Crippen molar-refractivity contribution in [3.05, 3.63) is 34.5 Å². The molecular formula is C13H15N5OS. The molecule has 1 saturated heterocycles. The predicted octanol–water partition coefficient (Wildman–Crippen LogP) is 1.54. The van der Waals surface area contributed by atoms with Gasteiger partial charge in [0.2, 0.25) is 5.95 Å². The van der Waals surface area contributed by atoms with E-state index in [2.05, 4.69) is 15.0 Å². The Morgan fingerprint density at radius 2 is 2.35 bits per heavy atom. The van der Waals surface area contributed by atoms with E-state index < -0.39 is 0 Å². The Bertz CT molecular complexity index is 601. The Hall–Kier alpha value is -2.02. The number of nitrogens with zero attached hydrogens (tertiary/aromatic N) is 4. The van der Waals surface area contributed by atoms with Gasteiger partial charge in [0.15, 0.2) is 0 Å². The molecule has 0 aliphatic carbocycles. The highest BCUT2D eigenvalue weighted by atomic mass is 32.1. The van der Waals surface area contributed by atoms with Crippen molar-refractivity contribution in [3.63, 3.8) is 0 Å². The average Bonchev–Trinajstić information content (AvgIpc) is 3.01. The quantitative estimate of drug-likeness (QED) is 0.906. The van der Waals surface area contributed by atoms with Crippen molar-refractivity contribution in [1.29, 1.82) is 0 Å². The number of hydrogen-bond donors (Lipinski definition) is 1. The lowest BCUT2D eigenvalue weighted by molar-refractivity contribution is 0.0701. The molecule has 3 rings (SSSR count). The van der Waals surface area contributed by atoms with Gasteiger partial charge in [-0.3, -0.25) is 4.79 Å². The fourth-order valence-corrected chi connectivity index (χ4v) is 3.02. The first-order valence-electron chi connectivity index (χ1n) is 6.50. The van der Waals surface area contributed by atoms with E-state index in [0.29, 0.717) is 12.2 Å². The summed E-state index contributed by atoms with van der Waals surface area (Å²) in [5.41, 5.74) is 8.74. The fourth-order valence-electron chi connectivity index (χ4n) is 2.50. The molecule has 104 valence electrons. The lowest BCUT2D eigenvalue weighted by atomic mass is 9.94. The monoisotopic (exact) mass is 289 g/mol. The SMILES string of the molecule is Nc1nccc(C2CCCN(C(=O)c3cscn3)C2)n1. The minimum Gasteiger partial charge on any atom is -0.368 e. The zero-order chi connectivity index (χ0) is 13.9. The standard InChI is InChI=1S/C13H15N5OS/c14-13-15-4-3-10(17-13)9-2-1-5-18(6-9)12(19)11-7-20-8-16-11/h3-4,7-9H,1-2,5-6H2,(H2,14,15,17). The largest absolute Gasteiger partial charge is 0.368 e. The average molecular weight is 289 g/mol. The lowest BCUT2D eigenvalue weighted by Gasteiger charge is -2.32. The molecule has 2 aromatic rings. The number of rotatable bonds is 2. The molecule has 0 radical (unpaired) electrons. The number of amides is 1. The van der Waals surface area contributed by atoms with Crippen LogP contribution in [0.4, 0.5) is 5.95 Å². The topological polar surface area (TPSA) is 85.0 Å². The number of carbonyl (C=O) groups is 1. The number of thiazole rings is 1. The lowest BCUT2D eigenvalue weighted by Crippen LogP contribution is -2.39. The molecule has 1 aliphatic rings. The Kier molecular flexibility index (Phi) is 3.60. The summed E-state index contributed by atoms with van der Waals surface area (Å²) in [6.45, 7) is 1.43. The fraction of sp³-hybridized carbons (Fsp3) is 0.385. The molecule has 3 heterocycles. The molecule has 0 spiro atoms. The second kappa shape index (κ2) is 5.54. The minimum absolute atomic E-state index is 0.00187. The maximum absolute atomic E-state index is 12.3. The number of carbonyl (C=O) groups excluding carboxylic acids is 1. The smallest absolute Gasteiger partial charge is 0.273 e. The van der Waals surface area contributed by atoms with Crippen molar-refractivity contribution in [2.45, 2.75) is 18.8 Å².